The second kappa shape index (κ2) is 5.68. The molecule has 0 radical (unpaired) electrons. The van der Waals surface area contributed by atoms with Gasteiger partial charge in [-0.15, -0.1) is 33.6 Å². The number of alkyl halides is 1. The molecule has 1 rings (SSSR count). The minimum atomic E-state index is 0.426. The van der Waals surface area contributed by atoms with Crippen LogP contribution in [0.15, 0.2) is 17.2 Å². The Morgan fingerprint density at radius 1 is 1.46 bits per heavy atom. The first kappa shape index (κ1) is 11.1. The summed E-state index contributed by atoms with van der Waals surface area (Å²) in [6, 6.07) is 3.60. The molecule has 0 saturated carbocycles. The molecule has 0 aromatic carbocycles. The van der Waals surface area contributed by atoms with E-state index in [1.165, 1.54) is 0 Å². The Balaban J connectivity index is 2.41. The number of rotatable bonds is 4. The van der Waals surface area contributed by atoms with Gasteiger partial charge in [0.15, 0.2) is 5.15 Å². The highest BCUT2D eigenvalue weighted by Gasteiger charge is 2.02. The Kier molecular flexibility index (Phi) is 4.84. The van der Waals surface area contributed by atoms with E-state index in [9.17, 15) is 0 Å². The molecule has 0 fully saturated rings. The molecule has 1 aromatic heterocycles. The van der Waals surface area contributed by atoms with Gasteiger partial charge in [0.25, 0.3) is 0 Å². The zero-order chi connectivity index (χ0) is 9.68. The van der Waals surface area contributed by atoms with Crippen LogP contribution in [0.4, 0.5) is 0 Å². The molecule has 0 bridgehead atoms. The van der Waals surface area contributed by atoms with Crippen molar-refractivity contribution in [2.75, 3.05) is 11.6 Å². The van der Waals surface area contributed by atoms with Crippen molar-refractivity contribution in [1.82, 2.24) is 10.2 Å². The molecule has 72 valence electrons. The van der Waals surface area contributed by atoms with Crippen LogP contribution in [-0.2, 0) is 0 Å². The Hall–Kier alpha value is 0.01000. The third kappa shape index (κ3) is 4.16. The summed E-state index contributed by atoms with van der Waals surface area (Å²) < 4.78 is 0. The number of nitrogens with zero attached hydrogens (tertiary/aromatic N) is 2. The van der Waals surface area contributed by atoms with E-state index in [2.05, 4.69) is 17.1 Å². The van der Waals surface area contributed by atoms with Crippen LogP contribution in [0.1, 0.15) is 6.92 Å². The third-order valence-corrected chi connectivity index (χ3v) is 3.36. The topological polar surface area (TPSA) is 25.8 Å². The fraction of sp³-hybridized carbons (Fsp3) is 0.500. The van der Waals surface area contributed by atoms with Crippen LogP contribution in [-0.4, -0.2) is 21.8 Å². The van der Waals surface area contributed by atoms with Crippen LogP contribution < -0.4 is 0 Å². The minimum Gasteiger partial charge on any atom is -0.143 e. The standard InChI is InChI=1S/C8H10Cl2N2S/c1-6(4-9)5-13-8-3-2-7(10)11-12-8/h2-3,6H,4-5H2,1H3. The SMILES string of the molecule is CC(CCl)CSc1ccc(Cl)nn1. The van der Waals surface area contributed by atoms with Crippen molar-refractivity contribution in [3.8, 4) is 0 Å². The zero-order valence-corrected chi connectivity index (χ0v) is 9.53. The van der Waals surface area contributed by atoms with Gasteiger partial charge in [-0.1, -0.05) is 18.5 Å². The first-order valence-electron chi connectivity index (χ1n) is 3.90. The summed E-state index contributed by atoms with van der Waals surface area (Å²) >= 11 is 12.9. The maximum Gasteiger partial charge on any atom is 0.151 e. The van der Waals surface area contributed by atoms with Gasteiger partial charge in [0, 0.05) is 11.6 Å². The Labute approximate surface area is 92.0 Å². The predicted octanol–water partition coefficient (Wildman–Crippen LogP) is 3.10. The van der Waals surface area contributed by atoms with Crippen molar-refractivity contribution in [3.63, 3.8) is 0 Å². The van der Waals surface area contributed by atoms with Crippen LogP contribution in [0.2, 0.25) is 5.15 Å². The van der Waals surface area contributed by atoms with E-state index in [0.29, 0.717) is 17.0 Å². The molecule has 0 amide bonds. The van der Waals surface area contributed by atoms with E-state index in [-0.39, 0.29) is 0 Å². The smallest absolute Gasteiger partial charge is 0.143 e. The average Bonchev–Trinajstić information content (AvgIpc) is 2.16. The molecule has 0 saturated heterocycles. The lowest BCUT2D eigenvalue weighted by atomic mass is 10.3. The number of halogens is 2. The van der Waals surface area contributed by atoms with Gasteiger partial charge in [0.1, 0.15) is 5.03 Å². The maximum absolute atomic E-state index is 5.67. The summed E-state index contributed by atoms with van der Waals surface area (Å²) in [5, 5.41) is 8.98. The molecule has 1 heterocycles. The van der Waals surface area contributed by atoms with Crippen molar-refractivity contribution in [3.05, 3.63) is 17.3 Å². The largest absolute Gasteiger partial charge is 0.151 e. The molecular formula is C8H10Cl2N2S. The number of hydrogen-bond donors (Lipinski definition) is 0. The molecule has 0 spiro atoms. The number of thioether (sulfide) groups is 1. The van der Waals surface area contributed by atoms with Crippen LogP contribution in [0.5, 0.6) is 0 Å². The first-order valence-corrected chi connectivity index (χ1v) is 5.80. The van der Waals surface area contributed by atoms with Gasteiger partial charge < -0.3 is 0 Å². The predicted molar refractivity (Wildman–Crippen MR) is 57.7 cm³/mol. The average molecular weight is 237 g/mol. The lowest BCUT2D eigenvalue weighted by molar-refractivity contribution is 0.757. The molecule has 0 N–H and O–H groups in total. The van der Waals surface area contributed by atoms with E-state index in [4.69, 9.17) is 23.2 Å². The molecule has 0 aliphatic heterocycles. The molecule has 2 nitrogen and oxygen atoms in total. The third-order valence-electron chi connectivity index (χ3n) is 1.39. The van der Waals surface area contributed by atoms with Crippen molar-refractivity contribution in [2.45, 2.75) is 11.9 Å². The van der Waals surface area contributed by atoms with E-state index in [1.807, 2.05) is 6.07 Å². The Bertz CT molecular complexity index is 253. The summed E-state index contributed by atoms with van der Waals surface area (Å²) in [7, 11) is 0. The summed E-state index contributed by atoms with van der Waals surface area (Å²) in [6.45, 7) is 2.10. The van der Waals surface area contributed by atoms with E-state index >= 15 is 0 Å². The monoisotopic (exact) mass is 236 g/mol. The molecule has 5 heteroatoms. The Morgan fingerprint density at radius 2 is 2.23 bits per heavy atom. The van der Waals surface area contributed by atoms with Crippen molar-refractivity contribution < 1.29 is 0 Å². The van der Waals surface area contributed by atoms with Gasteiger partial charge in [-0.25, -0.2) is 0 Å². The molecule has 13 heavy (non-hydrogen) atoms. The van der Waals surface area contributed by atoms with Crippen LogP contribution in [0, 0.1) is 5.92 Å². The van der Waals surface area contributed by atoms with E-state index in [0.717, 1.165) is 10.8 Å². The highest BCUT2D eigenvalue weighted by molar-refractivity contribution is 7.99. The summed E-state index contributed by atoms with van der Waals surface area (Å²) in [5.41, 5.74) is 0. The highest BCUT2D eigenvalue weighted by Crippen LogP contribution is 2.18. The highest BCUT2D eigenvalue weighted by atomic mass is 35.5. The van der Waals surface area contributed by atoms with Crippen molar-refractivity contribution >= 4 is 35.0 Å². The maximum atomic E-state index is 5.67. The van der Waals surface area contributed by atoms with Crippen LogP contribution in [0.3, 0.4) is 0 Å². The van der Waals surface area contributed by atoms with Crippen molar-refractivity contribution in [1.29, 1.82) is 0 Å². The lowest BCUT2D eigenvalue weighted by Gasteiger charge is -2.04. The first-order chi connectivity index (χ1) is 6.22. The van der Waals surface area contributed by atoms with Gasteiger partial charge in [0.05, 0.1) is 0 Å². The van der Waals surface area contributed by atoms with Crippen molar-refractivity contribution in [2.24, 2.45) is 5.92 Å². The van der Waals surface area contributed by atoms with Gasteiger partial charge in [-0.2, -0.15) is 0 Å². The lowest BCUT2D eigenvalue weighted by Crippen LogP contribution is -1.99. The van der Waals surface area contributed by atoms with Gasteiger partial charge in [-0.3, -0.25) is 0 Å². The van der Waals surface area contributed by atoms with Crippen LogP contribution >= 0.6 is 35.0 Å². The zero-order valence-electron chi connectivity index (χ0n) is 7.20. The normalized spacial score (nSPS) is 12.8. The fourth-order valence-corrected chi connectivity index (χ4v) is 1.83. The second-order valence-corrected chi connectivity index (χ2v) is 4.50. The van der Waals surface area contributed by atoms with Gasteiger partial charge in [0.2, 0.25) is 0 Å². The van der Waals surface area contributed by atoms with Gasteiger partial charge >= 0.3 is 0 Å². The molecule has 0 aliphatic carbocycles. The molecule has 1 unspecified atom stereocenters. The number of hydrogen-bond acceptors (Lipinski definition) is 3. The summed E-state index contributed by atoms with van der Waals surface area (Å²) in [6.07, 6.45) is 0. The molecule has 0 aliphatic rings. The van der Waals surface area contributed by atoms with E-state index < -0.39 is 0 Å². The fourth-order valence-electron chi connectivity index (χ4n) is 0.653. The Morgan fingerprint density at radius 3 is 2.77 bits per heavy atom. The quantitative estimate of drug-likeness (QED) is 0.594. The molecule has 1 atom stereocenters. The number of aromatic nitrogens is 2. The second-order valence-electron chi connectivity index (χ2n) is 2.76. The molecule has 1 aromatic rings. The van der Waals surface area contributed by atoms with Crippen LogP contribution in [0.25, 0.3) is 0 Å². The summed E-state index contributed by atoms with van der Waals surface area (Å²) in [5.74, 6) is 2.12. The minimum absolute atomic E-state index is 0.426. The van der Waals surface area contributed by atoms with E-state index in [1.54, 1.807) is 17.8 Å². The molecular weight excluding hydrogens is 227 g/mol. The summed E-state index contributed by atoms with van der Waals surface area (Å²) in [4.78, 5) is 0. The van der Waals surface area contributed by atoms with Gasteiger partial charge in [-0.05, 0) is 18.1 Å².